The summed E-state index contributed by atoms with van der Waals surface area (Å²) in [4.78, 5) is 12.2. The van der Waals surface area contributed by atoms with E-state index in [0.29, 0.717) is 5.69 Å². The Labute approximate surface area is 149 Å². The zero-order chi connectivity index (χ0) is 19.2. The van der Waals surface area contributed by atoms with Gasteiger partial charge in [0.1, 0.15) is 11.6 Å². The fourth-order valence-corrected chi connectivity index (χ4v) is 2.30. The molecule has 0 aliphatic heterocycles. The molecule has 2 N–H and O–H groups in total. The molecular weight excluding hydrogens is 343 g/mol. The van der Waals surface area contributed by atoms with E-state index in [1.165, 1.54) is 18.3 Å². The number of alkyl halides is 3. The van der Waals surface area contributed by atoms with Gasteiger partial charge in [-0.15, -0.1) is 0 Å². The highest BCUT2D eigenvalue weighted by Gasteiger charge is 2.33. The van der Waals surface area contributed by atoms with Crippen LogP contribution in [0.5, 0.6) is 0 Å². The van der Waals surface area contributed by atoms with E-state index in [0.717, 1.165) is 24.1 Å². The first kappa shape index (κ1) is 19.1. The van der Waals surface area contributed by atoms with Crippen molar-refractivity contribution in [2.24, 2.45) is 0 Å². The van der Waals surface area contributed by atoms with Crippen molar-refractivity contribution in [3.05, 3.63) is 71.4 Å². The van der Waals surface area contributed by atoms with Gasteiger partial charge in [0.05, 0.1) is 11.3 Å². The molecule has 0 aromatic heterocycles. The molecule has 26 heavy (non-hydrogen) atoms. The molecule has 0 unspecified atom stereocenters. The number of benzene rings is 2. The number of hydrogen-bond donors (Lipinski definition) is 2. The van der Waals surface area contributed by atoms with Crippen LogP contribution in [-0.2, 0) is 17.4 Å². The van der Waals surface area contributed by atoms with E-state index < -0.39 is 23.3 Å². The van der Waals surface area contributed by atoms with Crippen LogP contribution in [0.3, 0.4) is 0 Å². The second kappa shape index (κ2) is 8.21. The first-order valence-corrected chi connectivity index (χ1v) is 7.79. The highest BCUT2D eigenvalue weighted by Crippen LogP contribution is 2.34. The van der Waals surface area contributed by atoms with Crippen LogP contribution in [0.25, 0.3) is 0 Å². The summed E-state index contributed by atoms with van der Waals surface area (Å²) in [6, 6.07) is 13.6. The Morgan fingerprint density at radius 2 is 1.73 bits per heavy atom. The van der Waals surface area contributed by atoms with Crippen LogP contribution in [-0.4, -0.2) is 5.91 Å². The minimum atomic E-state index is -4.61. The van der Waals surface area contributed by atoms with Crippen molar-refractivity contribution in [3.8, 4) is 6.07 Å². The number of nitrogens with one attached hydrogen (secondary N) is 2. The molecule has 0 aliphatic carbocycles. The first-order valence-electron chi connectivity index (χ1n) is 7.79. The van der Waals surface area contributed by atoms with Gasteiger partial charge >= 0.3 is 6.18 Å². The highest BCUT2D eigenvalue weighted by atomic mass is 19.4. The van der Waals surface area contributed by atoms with Gasteiger partial charge in [-0.25, -0.2) is 0 Å². The van der Waals surface area contributed by atoms with Crippen molar-refractivity contribution < 1.29 is 18.0 Å². The monoisotopic (exact) mass is 359 g/mol. The summed E-state index contributed by atoms with van der Waals surface area (Å²) in [5, 5.41) is 14.2. The van der Waals surface area contributed by atoms with Crippen LogP contribution < -0.4 is 10.6 Å². The minimum Gasteiger partial charge on any atom is -0.360 e. The molecule has 134 valence electrons. The predicted octanol–water partition coefficient (Wildman–Crippen LogP) is 4.73. The smallest absolute Gasteiger partial charge is 0.360 e. The standard InChI is InChI=1S/C19H16F3N3O/c1-2-13-7-3-5-9-16(13)24-12-14(11-23)18(26)25-17-10-6-4-8-15(17)19(20,21)22/h3-10,12,24H,2H2,1H3,(H,25,26)/b14-12-. The van der Waals surface area contributed by atoms with Crippen LogP contribution >= 0.6 is 0 Å². The van der Waals surface area contributed by atoms with E-state index in [1.54, 1.807) is 18.2 Å². The summed E-state index contributed by atoms with van der Waals surface area (Å²) in [6.45, 7) is 1.95. The maximum Gasteiger partial charge on any atom is 0.418 e. The fourth-order valence-electron chi connectivity index (χ4n) is 2.30. The highest BCUT2D eigenvalue weighted by molar-refractivity contribution is 6.07. The lowest BCUT2D eigenvalue weighted by Gasteiger charge is -2.13. The summed E-state index contributed by atoms with van der Waals surface area (Å²) in [5.74, 6) is -0.925. The van der Waals surface area contributed by atoms with Crippen molar-refractivity contribution >= 4 is 17.3 Å². The molecule has 7 heteroatoms. The Bertz CT molecular complexity index is 867. The zero-order valence-corrected chi connectivity index (χ0v) is 13.9. The molecule has 2 aromatic carbocycles. The number of nitriles is 1. The van der Waals surface area contributed by atoms with Gasteiger partial charge in [0.15, 0.2) is 0 Å². The molecule has 0 fully saturated rings. The predicted molar refractivity (Wildman–Crippen MR) is 93.2 cm³/mol. The SMILES string of the molecule is CCc1ccccc1N/C=C(/C#N)C(=O)Nc1ccccc1C(F)(F)F. The Hall–Kier alpha value is -3.27. The Kier molecular flexibility index (Phi) is 6.02. The summed E-state index contributed by atoms with van der Waals surface area (Å²) in [5.41, 5.74) is -0.0296. The molecule has 0 bridgehead atoms. The largest absolute Gasteiger partial charge is 0.418 e. The van der Waals surface area contributed by atoms with Gasteiger partial charge in [0.25, 0.3) is 5.91 Å². The maximum absolute atomic E-state index is 13.0. The van der Waals surface area contributed by atoms with Crippen LogP contribution in [0.4, 0.5) is 24.5 Å². The number of carbonyl (C=O) groups is 1. The average Bonchev–Trinajstić information content (AvgIpc) is 2.62. The Morgan fingerprint density at radius 3 is 2.35 bits per heavy atom. The average molecular weight is 359 g/mol. The van der Waals surface area contributed by atoms with E-state index in [4.69, 9.17) is 5.26 Å². The normalized spacial score (nSPS) is 11.6. The number of hydrogen-bond acceptors (Lipinski definition) is 3. The summed E-state index contributed by atoms with van der Waals surface area (Å²) >= 11 is 0. The third-order valence-corrected chi connectivity index (χ3v) is 3.62. The third-order valence-electron chi connectivity index (χ3n) is 3.62. The Morgan fingerprint density at radius 1 is 1.12 bits per heavy atom. The van der Waals surface area contributed by atoms with Crippen molar-refractivity contribution in [2.75, 3.05) is 10.6 Å². The van der Waals surface area contributed by atoms with Crippen LogP contribution in [0, 0.1) is 11.3 Å². The molecular formula is C19H16F3N3O. The molecule has 2 rings (SSSR count). The zero-order valence-electron chi connectivity index (χ0n) is 13.9. The van der Waals surface area contributed by atoms with Crippen LogP contribution in [0.1, 0.15) is 18.1 Å². The summed E-state index contributed by atoms with van der Waals surface area (Å²) < 4.78 is 39.0. The van der Waals surface area contributed by atoms with Crippen LogP contribution in [0.15, 0.2) is 60.3 Å². The molecule has 1 amide bonds. The van der Waals surface area contributed by atoms with Gasteiger partial charge in [-0.1, -0.05) is 37.3 Å². The number of amides is 1. The van der Waals surface area contributed by atoms with Gasteiger partial charge < -0.3 is 10.6 Å². The van der Waals surface area contributed by atoms with E-state index in [2.05, 4.69) is 10.6 Å². The van der Waals surface area contributed by atoms with Gasteiger partial charge in [-0.3, -0.25) is 4.79 Å². The van der Waals surface area contributed by atoms with E-state index >= 15 is 0 Å². The van der Waals surface area contributed by atoms with Crippen LogP contribution in [0.2, 0.25) is 0 Å². The van der Waals surface area contributed by atoms with Crippen molar-refractivity contribution in [3.63, 3.8) is 0 Å². The lowest BCUT2D eigenvalue weighted by Crippen LogP contribution is -2.18. The number of carbonyl (C=O) groups excluding carboxylic acids is 1. The van der Waals surface area contributed by atoms with Gasteiger partial charge in [0, 0.05) is 11.9 Å². The number of nitrogens with zero attached hydrogens (tertiary/aromatic N) is 1. The second-order valence-corrected chi connectivity index (χ2v) is 5.32. The quantitative estimate of drug-likeness (QED) is 0.599. The Balaban J connectivity index is 2.21. The molecule has 0 spiro atoms. The molecule has 2 aromatic rings. The molecule has 0 heterocycles. The number of aryl methyl sites for hydroxylation is 1. The number of para-hydroxylation sites is 2. The van der Waals surface area contributed by atoms with Gasteiger partial charge in [-0.05, 0) is 30.2 Å². The van der Waals surface area contributed by atoms with Gasteiger partial charge in [0.2, 0.25) is 0 Å². The number of rotatable bonds is 5. The summed E-state index contributed by atoms with van der Waals surface area (Å²) in [7, 11) is 0. The fraction of sp³-hybridized carbons (Fsp3) is 0.158. The summed E-state index contributed by atoms with van der Waals surface area (Å²) in [6.07, 6.45) is -2.69. The molecule has 0 atom stereocenters. The minimum absolute atomic E-state index is 0.340. The lowest BCUT2D eigenvalue weighted by atomic mass is 10.1. The number of anilines is 2. The number of halogens is 3. The first-order chi connectivity index (χ1) is 12.4. The van der Waals surface area contributed by atoms with Crippen molar-refractivity contribution in [1.29, 1.82) is 5.26 Å². The molecule has 0 saturated carbocycles. The molecule has 0 aliphatic rings. The third kappa shape index (κ3) is 4.63. The van der Waals surface area contributed by atoms with E-state index in [-0.39, 0.29) is 5.57 Å². The maximum atomic E-state index is 13.0. The lowest BCUT2D eigenvalue weighted by molar-refractivity contribution is -0.137. The topological polar surface area (TPSA) is 64.9 Å². The van der Waals surface area contributed by atoms with Crippen molar-refractivity contribution in [2.45, 2.75) is 19.5 Å². The molecule has 4 nitrogen and oxygen atoms in total. The van der Waals surface area contributed by atoms with E-state index in [1.807, 2.05) is 19.1 Å². The molecule has 0 radical (unpaired) electrons. The van der Waals surface area contributed by atoms with E-state index in [9.17, 15) is 18.0 Å². The molecule has 0 saturated heterocycles. The van der Waals surface area contributed by atoms with Crippen molar-refractivity contribution in [1.82, 2.24) is 0 Å². The second-order valence-electron chi connectivity index (χ2n) is 5.32. The van der Waals surface area contributed by atoms with Gasteiger partial charge in [-0.2, -0.15) is 18.4 Å².